The number of nitrogen functional groups attached to an aromatic ring is 1. The summed E-state index contributed by atoms with van der Waals surface area (Å²) in [5.74, 6) is -0.199. The molecule has 5 nitrogen and oxygen atoms in total. The standard InChI is InChI=1S/C13H21N3O2/c1-4-5-10(8-18-3)16-13(17)11-7-15-9(2)6-12(11)14/h6-7,10H,4-5,8H2,1-3H3,(H2,14,15)(H,16,17). The number of aryl methyl sites for hydroxylation is 1. The summed E-state index contributed by atoms with van der Waals surface area (Å²) in [5.41, 5.74) is 7.48. The quantitative estimate of drug-likeness (QED) is 0.803. The third kappa shape index (κ3) is 4.00. The summed E-state index contributed by atoms with van der Waals surface area (Å²) in [7, 11) is 1.62. The summed E-state index contributed by atoms with van der Waals surface area (Å²) < 4.78 is 5.08. The van der Waals surface area contributed by atoms with Crippen LogP contribution in [0.2, 0.25) is 0 Å². The molecule has 18 heavy (non-hydrogen) atoms. The fourth-order valence-electron chi connectivity index (χ4n) is 1.78. The van der Waals surface area contributed by atoms with Gasteiger partial charge >= 0.3 is 0 Å². The van der Waals surface area contributed by atoms with Gasteiger partial charge < -0.3 is 15.8 Å². The van der Waals surface area contributed by atoms with E-state index < -0.39 is 0 Å². The van der Waals surface area contributed by atoms with E-state index in [1.165, 1.54) is 6.20 Å². The number of nitrogens with one attached hydrogen (secondary N) is 1. The van der Waals surface area contributed by atoms with Crippen molar-refractivity contribution in [3.63, 3.8) is 0 Å². The molecule has 0 saturated heterocycles. The van der Waals surface area contributed by atoms with Crippen molar-refractivity contribution in [1.82, 2.24) is 10.3 Å². The van der Waals surface area contributed by atoms with Gasteiger partial charge in [0.05, 0.1) is 18.2 Å². The molecule has 1 atom stereocenters. The normalized spacial score (nSPS) is 12.2. The van der Waals surface area contributed by atoms with Crippen LogP contribution in [0, 0.1) is 6.92 Å². The summed E-state index contributed by atoms with van der Waals surface area (Å²) in [4.78, 5) is 16.1. The maximum absolute atomic E-state index is 12.1. The van der Waals surface area contributed by atoms with Crippen LogP contribution >= 0.6 is 0 Å². The minimum absolute atomic E-state index is 0.00760. The first-order chi connectivity index (χ1) is 8.58. The first-order valence-corrected chi connectivity index (χ1v) is 6.10. The Balaban J connectivity index is 2.73. The van der Waals surface area contributed by atoms with Gasteiger partial charge in [-0.15, -0.1) is 0 Å². The largest absolute Gasteiger partial charge is 0.398 e. The monoisotopic (exact) mass is 251 g/mol. The first kappa shape index (κ1) is 14.4. The number of nitrogens with two attached hydrogens (primary N) is 1. The van der Waals surface area contributed by atoms with E-state index in [0.717, 1.165) is 18.5 Å². The van der Waals surface area contributed by atoms with Crippen molar-refractivity contribution in [2.45, 2.75) is 32.7 Å². The molecule has 1 aromatic rings. The Morgan fingerprint density at radius 1 is 1.61 bits per heavy atom. The van der Waals surface area contributed by atoms with Crippen LogP contribution in [0.5, 0.6) is 0 Å². The molecule has 1 amide bonds. The Bertz CT molecular complexity index is 401. The second kappa shape index (κ2) is 6.96. The van der Waals surface area contributed by atoms with E-state index in [0.29, 0.717) is 17.9 Å². The van der Waals surface area contributed by atoms with Gasteiger partial charge in [-0.25, -0.2) is 0 Å². The Hall–Kier alpha value is -1.62. The Labute approximate surface area is 108 Å². The second-order valence-corrected chi connectivity index (χ2v) is 4.33. The Morgan fingerprint density at radius 2 is 2.33 bits per heavy atom. The van der Waals surface area contributed by atoms with Crippen LogP contribution in [-0.2, 0) is 4.74 Å². The van der Waals surface area contributed by atoms with Gasteiger partial charge in [0.2, 0.25) is 0 Å². The molecular weight excluding hydrogens is 230 g/mol. The minimum Gasteiger partial charge on any atom is -0.398 e. The molecule has 100 valence electrons. The number of ether oxygens (including phenoxy) is 1. The number of carbonyl (C=O) groups excluding carboxylic acids is 1. The number of carbonyl (C=O) groups is 1. The van der Waals surface area contributed by atoms with Crippen LogP contribution in [0.15, 0.2) is 12.3 Å². The van der Waals surface area contributed by atoms with Crippen LogP contribution in [0.3, 0.4) is 0 Å². The molecule has 0 aliphatic carbocycles. The molecule has 3 N–H and O–H groups in total. The van der Waals surface area contributed by atoms with Crippen molar-refractivity contribution < 1.29 is 9.53 Å². The number of hydrogen-bond donors (Lipinski definition) is 2. The lowest BCUT2D eigenvalue weighted by Crippen LogP contribution is -2.38. The van der Waals surface area contributed by atoms with E-state index in [9.17, 15) is 4.79 Å². The molecular formula is C13H21N3O2. The Morgan fingerprint density at radius 3 is 2.89 bits per heavy atom. The maximum Gasteiger partial charge on any atom is 0.255 e. The van der Waals surface area contributed by atoms with Gasteiger partial charge in [0.1, 0.15) is 0 Å². The summed E-state index contributed by atoms with van der Waals surface area (Å²) in [6, 6.07) is 1.70. The zero-order valence-corrected chi connectivity index (χ0v) is 11.2. The van der Waals surface area contributed by atoms with Crippen LogP contribution in [0.1, 0.15) is 35.8 Å². The van der Waals surface area contributed by atoms with Crippen molar-refractivity contribution >= 4 is 11.6 Å². The molecule has 5 heteroatoms. The summed E-state index contributed by atoms with van der Waals surface area (Å²) in [5, 5.41) is 2.91. The van der Waals surface area contributed by atoms with Crippen molar-refractivity contribution in [3.05, 3.63) is 23.5 Å². The lowest BCUT2D eigenvalue weighted by molar-refractivity contribution is 0.0892. The van der Waals surface area contributed by atoms with Crippen LogP contribution in [0.4, 0.5) is 5.69 Å². The van der Waals surface area contributed by atoms with Crippen LogP contribution in [0.25, 0.3) is 0 Å². The molecule has 1 aromatic heterocycles. The van der Waals surface area contributed by atoms with Crippen molar-refractivity contribution in [2.24, 2.45) is 0 Å². The van der Waals surface area contributed by atoms with Crippen LogP contribution in [-0.4, -0.2) is 30.6 Å². The zero-order chi connectivity index (χ0) is 13.5. The SMILES string of the molecule is CCCC(COC)NC(=O)c1cnc(C)cc1N. The molecule has 0 aliphatic rings. The summed E-state index contributed by atoms with van der Waals surface area (Å²) >= 11 is 0. The number of hydrogen-bond acceptors (Lipinski definition) is 4. The third-order valence-electron chi connectivity index (χ3n) is 2.66. The first-order valence-electron chi connectivity index (χ1n) is 6.10. The van der Waals surface area contributed by atoms with E-state index in [4.69, 9.17) is 10.5 Å². The van der Waals surface area contributed by atoms with E-state index in [2.05, 4.69) is 17.2 Å². The molecule has 0 bridgehead atoms. The van der Waals surface area contributed by atoms with Gasteiger partial charge in [0.15, 0.2) is 0 Å². The molecule has 0 aliphatic heterocycles. The Kier molecular flexibility index (Phi) is 5.58. The van der Waals surface area contributed by atoms with Gasteiger partial charge in [0.25, 0.3) is 5.91 Å². The predicted molar refractivity (Wildman–Crippen MR) is 71.4 cm³/mol. The number of anilines is 1. The van der Waals surface area contributed by atoms with Crippen LogP contribution < -0.4 is 11.1 Å². The smallest absolute Gasteiger partial charge is 0.255 e. The van der Waals surface area contributed by atoms with E-state index in [1.807, 2.05) is 6.92 Å². The summed E-state index contributed by atoms with van der Waals surface area (Å²) in [6.07, 6.45) is 3.37. The van der Waals surface area contributed by atoms with Crippen molar-refractivity contribution in [1.29, 1.82) is 0 Å². The van der Waals surface area contributed by atoms with Crippen molar-refractivity contribution in [2.75, 3.05) is 19.5 Å². The fourth-order valence-corrected chi connectivity index (χ4v) is 1.78. The van der Waals surface area contributed by atoms with Gasteiger partial charge in [-0.3, -0.25) is 9.78 Å². The summed E-state index contributed by atoms with van der Waals surface area (Å²) in [6.45, 7) is 4.40. The van der Waals surface area contributed by atoms with Gasteiger partial charge in [-0.2, -0.15) is 0 Å². The van der Waals surface area contributed by atoms with Crippen molar-refractivity contribution in [3.8, 4) is 0 Å². The highest BCUT2D eigenvalue weighted by Gasteiger charge is 2.15. The van der Waals surface area contributed by atoms with E-state index in [-0.39, 0.29) is 11.9 Å². The fraction of sp³-hybridized carbons (Fsp3) is 0.538. The topological polar surface area (TPSA) is 77.2 Å². The van der Waals surface area contributed by atoms with E-state index >= 15 is 0 Å². The highest BCUT2D eigenvalue weighted by atomic mass is 16.5. The highest BCUT2D eigenvalue weighted by Crippen LogP contribution is 2.11. The molecule has 1 rings (SSSR count). The zero-order valence-electron chi connectivity index (χ0n) is 11.2. The van der Waals surface area contributed by atoms with Gasteiger partial charge in [-0.1, -0.05) is 13.3 Å². The highest BCUT2D eigenvalue weighted by molar-refractivity contribution is 5.98. The number of amides is 1. The minimum atomic E-state index is -0.199. The van der Waals surface area contributed by atoms with E-state index in [1.54, 1.807) is 13.2 Å². The third-order valence-corrected chi connectivity index (χ3v) is 2.66. The number of pyridine rings is 1. The number of methoxy groups -OCH3 is 1. The second-order valence-electron chi connectivity index (χ2n) is 4.33. The molecule has 0 spiro atoms. The molecule has 0 aromatic carbocycles. The average Bonchev–Trinajstić information content (AvgIpc) is 2.29. The van der Waals surface area contributed by atoms with Gasteiger partial charge in [0, 0.05) is 24.7 Å². The molecule has 1 unspecified atom stereocenters. The lowest BCUT2D eigenvalue weighted by atomic mass is 10.1. The number of aromatic nitrogens is 1. The maximum atomic E-state index is 12.1. The van der Waals surface area contributed by atoms with Gasteiger partial charge in [-0.05, 0) is 19.4 Å². The molecule has 0 saturated carbocycles. The average molecular weight is 251 g/mol. The lowest BCUT2D eigenvalue weighted by Gasteiger charge is -2.17. The number of rotatable bonds is 6. The molecule has 0 fully saturated rings. The molecule has 0 radical (unpaired) electrons. The predicted octanol–water partition coefficient (Wildman–Crippen LogP) is 1.52. The number of nitrogens with zero attached hydrogens (tertiary/aromatic N) is 1. The molecule has 1 heterocycles.